The first-order valence-corrected chi connectivity index (χ1v) is 7.23. The van der Waals surface area contributed by atoms with Gasteiger partial charge in [-0.2, -0.15) is 18.3 Å². The molecule has 114 valence electrons. The Balaban J connectivity index is 2.49. The summed E-state index contributed by atoms with van der Waals surface area (Å²) in [5.41, 5.74) is 0.696. The minimum atomic E-state index is -4.35. The fourth-order valence-electron chi connectivity index (χ4n) is 2.27. The molecule has 0 radical (unpaired) electrons. The molecule has 3 nitrogen and oxygen atoms in total. The van der Waals surface area contributed by atoms with Crippen LogP contribution < -0.4 is 5.32 Å². The Morgan fingerprint density at radius 3 is 2.67 bits per heavy atom. The molecule has 21 heavy (non-hydrogen) atoms. The van der Waals surface area contributed by atoms with Crippen molar-refractivity contribution in [3.05, 3.63) is 51.8 Å². The molecule has 1 aromatic carbocycles. The molecule has 1 heterocycles. The molecule has 0 amide bonds. The first-order valence-electron chi connectivity index (χ1n) is 6.44. The lowest BCUT2D eigenvalue weighted by molar-refractivity contribution is -0.137. The fraction of sp³-hybridized carbons (Fsp3) is 0.357. The monoisotopic (exact) mass is 361 g/mol. The van der Waals surface area contributed by atoms with E-state index in [1.165, 1.54) is 12.1 Å². The number of aryl methyl sites for hydroxylation is 1. The Hall–Kier alpha value is -1.34. The smallest absolute Gasteiger partial charge is 0.308 e. The predicted octanol–water partition coefficient (Wildman–Crippen LogP) is 3.99. The quantitative estimate of drug-likeness (QED) is 0.891. The van der Waals surface area contributed by atoms with Gasteiger partial charge in [-0.1, -0.05) is 12.1 Å². The molecule has 0 saturated heterocycles. The van der Waals surface area contributed by atoms with Crippen LogP contribution in [0.4, 0.5) is 13.2 Å². The van der Waals surface area contributed by atoms with Crippen LogP contribution in [0.25, 0.3) is 0 Å². The van der Waals surface area contributed by atoms with Gasteiger partial charge in [0.1, 0.15) is 0 Å². The highest BCUT2D eigenvalue weighted by Crippen LogP contribution is 2.33. The van der Waals surface area contributed by atoms with Crippen molar-refractivity contribution in [2.45, 2.75) is 25.7 Å². The van der Waals surface area contributed by atoms with E-state index in [1.54, 1.807) is 24.0 Å². The van der Waals surface area contributed by atoms with E-state index >= 15 is 0 Å². The minimum absolute atomic E-state index is 0.371. The third kappa shape index (κ3) is 3.29. The molecule has 1 N–H and O–H groups in total. The maximum atomic E-state index is 12.9. The van der Waals surface area contributed by atoms with Gasteiger partial charge in [0.2, 0.25) is 0 Å². The molecular formula is C14H15BrF3N3. The Morgan fingerprint density at radius 1 is 1.38 bits per heavy atom. The average molecular weight is 362 g/mol. The van der Waals surface area contributed by atoms with E-state index in [4.69, 9.17) is 0 Å². The summed E-state index contributed by atoms with van der Waals surface area (Å²) in [6.45, 7) is 2.57. The summed E-state index contributed by atoms with van der Waals surface area (Å²) < 4.78 is 41.1. The molecule has 0 aliphatic carbocycles. The van der Waals surface area contributed by atoms with Crippen LogP contribution in [-0.4, -0.2) is 16.8 Å². The summed E-state index contributed by atoms with van der Waals surface area (Å²) in [5.74, 6) is 0. The summed E-state index contributed by atoms with van der Waals surface area (Å²) in [6, 6.07) is 4.96. The third-order valence-electron chi connectivity index (χ3n) is 3.24. The molecule has 7 heteroatoms. The molecule has 1 unspecified atom stereocenters. The summed E-state index contributed by atoms with van der Waals surface area (Å²) in [6.07, 6.45) is -2.70. The number of rotatable bonds is 4. The largest absolute Gasteiger partial charge is 0.416 e. The first kappa shape index (κ1) is 16.0. The minimum Gasteiger partial charge on any atom is -0.308 e. The van der Waals surface area contributed by atoms with E-state index < -0.39 is 11.7 Å². The van der Waals surface area contributed by atoms with Crippen molar-refractivity contribution >= 4 is 15.9 Å². The van der Waals surface area contributed by atoms with Crippen molar-refractivity contribution in [1.82, 2.24) is 15.1 Å². The van der Waals surface area contributed by atoms with Gasteiger partial charge in [-0.3, -0.25) is 4.68 Å². The lowest BCUT2D eigenvalue weighted by Gasteiger charge is -2.20. The molecule has 0 aliphatic rings. The van der Waals surface area contributed by atoms with Gasteiger partial charge in [0.25, 0.3) is 0 Å². The zero-order valence-electron chi connectivity index (χ0n) is 11.6. The van der Waals surface area contributed by atoms with Crippen molar-refractivity contribution in [3.8, 4) is 0 Å². The van der Waals surface area contributed by atoms with Crippen molar-refractivity contribution in [2.75, 3.05) is 7.05 Å². The Bertz CT molecular complexity index is 622. The van der Waals surface area contributed by atoms with E-state index in [9.17, 15) is 13.2 Å². The van der Waals surface area contributed by atoms with Crippen molar-refractivity contribution in [1.29, 1.82) is 0 Å². The fourth-order valence-corrected chi connectivity index (χ4v) is 2.79. The molecular weight excluding hydrogens is 347 g/mol. The number of nitrogens with one attached hydrogen (secondary N) is 1. The summed E-state index contributed by atoms with van der Waals surface area (Å²) in [4.78, 5) is 0. The van der Waals surface area contributed by atoms with Crippen LogP contribution in [0.3, 0.4) is 0 Å². The second kappa shape index (κ2) is 6.19. The normalized spacial score (nSPS) is 13.4. The standard InChI is InChI=1S/C14H15BrF3N3/c1-3-21-13(11(15)8-20-21)12(19-2)9-5-4-6-10(7-9)14(16,17)18/h4-8,12,19H,3H2,1-2H3. The van der Waals surface area contributed by atoms with Crippen molar-refractivity contribution in [2.24, 2.45) is 0 Å². The maximum absolute atomic E-state index is 12.9. The van der Waals surface area contributed by atoms with E-state index in [2.05, 4.69) is 26.3 Å². The number of alkyl halides is 3. The molecule has 0 aliphatic heterocycles. The highest BCUT2D eigenvalue weighted by Gasteiger charge is 2.31. The topological polar surface area (TPSA) is 29.9 Å². The summed E-state index contributed by atoms with van der Waals surface area (Å²) >= 11 is 3.41. The predicted molar refractivity (Wildman–Crippen MR) is 77.9 cm³/mol. The van der Waals surface area contributed by atoms with Crippen LogP contribution in [0.5, 0.6) is 0 Å². The van der Waals surface area contributed by atoms with Crippen LogP contribution in [0.1, 0.15) is 29.8 Å². The number of benzene rings is 1. The Morgan fingerprint density at radius 2 is 2.10 bits per heavy atom. The van der Waals surface area contributed by atoms with E-state index in [-0.39, 0.29) is 6.04 Å². The number of hydrogen-bond donors (Lipinski definition) is 1. The molecule has 0 fully saturated rings. The molecule has 0 bridgehead atoms. The SMILES string of the molecule is CCn1ncc(Br)c1C(NC)c1cccc(C(F)(F)F)c1. The van der Waals surface area contributed by atoms with Crippen LogP contribution in [-0.2, 0) is 12.7 Å². The second-order valence-corrected chi connectivity index (χ2v) is 5.39. The second-order valence-electron chi connectivity index (χ2n) is 4.54. The van der Waals surface area contributed by atoms with E-state index in [0.29, 0.717) is 12.1 Å². The van der Waals surface area contributed by atoms with Crippen LogP contribution >= 0.6 is 15.9 Å². The van der Waals surface area contributed by atoms with Gasteiger partial charge in [0.15, 0.2) is 0 Å². The average Bonchev–Trinajstić information content (AvgIpc) is 2.81. The Kier molecular flexibility index (Phi) is 4.73. The van der Waals surface area contributed by atoms with Crippen LogP contribution in [0.2, 0.25) is 0 Å². The Labute approximate surface area is 129 Å². The lowest BCUT2D eigenvalue weighted by Crippen LogP contribution is -2.22. The van der Waals surface area contributed by atoms with E-state index in [0.717, 1.165) is 16.2 Å². The molecule has 2 rings (SSSR count). The number of aromatic nitrogens is 2. The number of nitrogens with zero attached hydrogens (tertiary/aromatic N) is 2. The van der Waals surface area contributed by atoms with Gasteiger partial charge >= 0.3 is 6.18 Å². The van der Waals surface area contributed by atoms with Crippen LogP contribution in [0, 0.1) is 0 Å². The molecule has 1 aromatic heterocycles. The highest BCUT2D eigenvalue weighted by atomic mass is 79.9. The molecule has 2 aromatic rings. The molecule has 0 spiro atoms. The maximum Gasteiger partial charge on any atom is 0.416 e. The van der Waals surface area contributed by atoms with E-state index in [1.807, 2.05) is 6.92 Å². The van der Waals surface area contributed by atoms with Crippen molar-refractivity contribution < 1.29 is 13.2 Å². The number of halogens is 4. The van der Waals surface area contributed by atoms with Gasteiger partial charge in [0, 0.05) is 6.54 Å². The van der Waals surface area contributed by atoms with Gasteiger partial charge in [-0.05, 0) is 47.6 Å². The van der Waals surface area contributed by atoms with Crippen LogP contribution in [0.15, 0.2) is 34.9 Å². The number of hydrogen-bond acceptors (Lipinski definition) is 2. The third-order valence-corrected chi connectivity index (χ3v) is 3.85. The summed E-state index contributed by atoms with van der Waals surface area (Å²) in [5, 5.41) is 7.26. The summed E-state index contributed by atoms with van der Waals surface area (Å²) in [7, 11) is 1.71. The zero-order valence-corrected chi connectivity index (χ0v) is 13.2. The van der Waals surface area contributed by atoms with Gasteiger partial charge in [0.05, 0.1) is 28.0 Å². The van der Waals surface area contributed by atoms with Crippen molar-refractivity contribution in [3.63, 3.8) is 0 Å². The first-order chi connectivity index (χ1) is 9.88. The van der Waals surface area contributed by atoms with Gasteiger partial charge in [-0.15, -0.1) is 0 Å². The highest BCUT2D eigenvalue weighted by molar-refractivity contribution is 9.10. The van der Waals surface area contributed by atoms with Gasteiger partial charge in [-0.25, -0.2) is 0 Å². The molecule has 1 atom stereocenters. The lowest BCUT2D eigenvalue weighted by atomic mass is 10.0. The van der Waals surface area contributed by atoms with Gasteiger partial charge < -0.3 is 5.32 Å². The zero-order chi connectivity index (χ0) is 15.6. The molecule has 0 saturated carbocycles.